The van der Waals surface area contributed by atoms with Gasteiger partial charge in [0.25, 0.3) is 0 Å². The van der Waals surface area contributed by atoms with Gasteiger partial charge in [0, 0.05) is 25.4 Å². The van der Waals surface area contributed by atoms with E-state index in [9.17, 15) is 8.42 Å². The minimum atomic E-state index is -2.90. The van der Waals surface area contributed by atoms with Gasteiger partial charge in [-0.2, -0.15) is 0 Å². The first-order valence-electron chi connectivity index (χ1n) is 6.28. The van der Waals surface area contributed by atoms with E-state index < -0.39 is 9.84 Å². The molecule has 18 heavy (non-hydrogen) atoms. The number of nitrogens with one attached hydrogen (secondary N) is 2. The summed E-state index contributed by atoms with van der Waals surface area (Å²) in [5.41, 5.74) is 0. The molecule has 0 spiro atoms. The molecule has 0 aromatic rings. The van der Waals surface area contributed by atoms with Crippen LogP contribution in [-0.4, -0.2) is 45.5 Å². The molecule has 5 nitrogen and oxygen atoms in total. The zero-order valence-electron chi connectivity index (χ0n) is 11.5. The van der Waals surface area contributed by atoms with E-state index in [0.717, 1.165) is 25.9 Å². The molecule has 0 saturated heterocycles. The van der Waals surface area contributed by atoms with Crippen LogP contribution < -0.4 is 10.6 Å². The van der Waals surface area contributed by atoms with Gasteiger partial charge in [-0.3, -0.25) is 4.99 Å². The summed E-state index contributed by atoms with van der Waals surface area (Å²) in [4.78, 5) is 4.35. The van der Waals surface area contributed by atoms with Crippen molar-refractivity contribution >= 4 is 39.8 Å². The summed E-state index contributed by atoms with van der Waals surface area (Å²) < 4.78 is 22.6. The van der Waals surface area contributed by atoms with Crippen molar-refractivity contribution < 1.29 is 8.42 Å². The number of rotatable bonds is 8. The summed E-state index contributed by atoms with van der Waals surface area (Å²) in [5, 5.41) is 6.12. The molecule has 0 fully saturated rings. The zero-order chi connectivity index (χ0) is 13.1. The van der Waals surface area contributed by atoms with Crippen molar-refractivity contribution in [2.75, 3.05) is 31.1 Å². The third-order valence-electron chi connectivity index (χ3n) is 2.27. The van der Waals surface area contributed by atoms with Gasteiger partial charge < -0.3 is 10.6 Å². The first kappa shape index (κ1) is 20.3. The highest BCUT2D eigenvalue weighted by Gasteiger charge is 2.06. The molecule has 0 atom stereocenters. The number of nitrogens with zero attached hydrogens (tertiary/aromatic N) is 1. The fraction of sp³-hybridized carbons (Fsp3) is 0.909. The monoisotopic (exact) mass is 391 g/mol. The normalized spacial score (nSPS) is 11.8. The molecule has 0 aliphatic heterocycles. The molecule has 0 aromatic heterocycles. The first-order chi connectivity index (χ1) is 8.05. The van der Waals surface area contributed by atoms with Gasteiger partial charge in [-0.25, -0.2) is 8.42 Å². The lowest BCUT2D eigenvalue weighted by atomic mass is 10.3. The smallest absolute Gasteiger partial charge is 0.191 e. The van der Waals surface area contributed by atoms with E-state index in [2.05, 4.69) is 22.5 Å². The number of aliphatic imine (C=N–C) groups is 1. The second-order valence-corrected chi connectivity index (χ2v) is 6.25. The fourth-order valence-corrected chi connectivity index (χ4v) is 1.86. The van der Waals surface area contributed by atoms with Gasteiger partial charge in [0.15, 0.2) is 15.8 Å². The maximum Gasteiger partial charge on any atom is 0.191 e. The largest absolute Gasteiger partial charge is 0.357 e. The second kappa shape index (κ2) is 12.0. The Balaban J connectivity index is 0. The van der Waals surface area contributed by atoms with E-state index in [1.165, 1.54) is 0 Å². The van der Waals surface area contributed by atoms with Crippen LogP contribution in [-0.2, 0) is 9.84 Å². The predicted molar refractivity (Wildman–Crippen MR) is 88.6 cm³/mol. The van der Waals surface area contributed by atoms with Gasteiger partial charge in [-0.05, 0) is 13.3 Å². The van der Waals surface area contributed by atoms with E-state index in [0.29, 0.717) is 12.5 Å². The standard InChI is InChI=1S/C11H25N3O2S.HI/c1-4-7-8-13-11(12-5-2)14-9-10-17(15,16)6-3;/h4-10H2,1-3H3,(H2,12,13,14);1H. The molecule has 7 heteroatoms. The number of halogens is 1. The first-order valence-corrected chi connectivity index (χ1v) is 8.10. The van der Waals surface area contributed by atoms with Crippen molar-refractivity contribution in [2.24, 2.45) is 4.99 Å². The quantitative estimate of drug-likeness (QED) is 0.284. The van der Waals surface area contributed by atoms with Crippen LogP contribution in [0.4, 0.5) is 0 Å². The van der Waals surface area contributed by atoms with Crippen LogP contribution in [0.3, 0.4) is 0 Å². The number of hydrogen-bond donors (Lipinski definition) is 2. The topological polar surface area (TPSA) is 70.6 Å². The second-order valence-electron chi connectivity index (χ2n) is 3.78. The Hall–Kier alpha value is -0.0500. The molecule has 110 valence electrons. The Kier molecular flexibility index (Phi) is 13.5. The highest BCUT2D eigenvalue weighted by molar-refractivity contribution is 14.0. The summed E-state index contributed by atoms with van der Waals surface area (Å²) in [5.74, 6) is 1.05. The average molecular weight is 391 g/mol. The van der Waals surface area contributed by atoms with Crippen LogP contribution in [0.15, 0.2) is 4.99 Å². The van der Waals surface area contributed by atoms with Crippen LogP contribution in [0.25, 0.3) is 0 Å². The number of unbranched alkanes of at least 4 members (excludes halogenated alkanes) is 1. The molecule has 0 aromatic carbocycles. The molecule has 0 rings (SSSR count). The molecule has 0 unspecified atom stereocenters. The van der Waals surface area contributed by atoms with Crippen LogP contribution in [0.2, 0.25) is 0 Å². The minimum absolute atomic E-state index is 0. The SMILES string of the molecule is CCCCN=C(NCC)NCCS(=O)(=O)CC.I. The summed E-state index contributed by atoms with van der Waals surface area (Å²) in [6.45, 7) is 7.72. The lowest BCUT2D eigenvalue weighted by molar-refractivity contribution is 0.595. The van der Waals surface area contributed by atoms with Gasteiger partial charge in [0.2, 0.25) is 0 Å². The van der Waals surface area contributed by atoms with Crippen LogP contribution in [0, 0.1) is 0 Å². The zero-order valence-corrected chi connectivity index (χ0v) is 14.7. The van der Waals surface area contributed by atoms with Crippen molar-refractivity contribution in [1.82, 2.24) is 10.6 Å². The third kappa shape index (κ3) is 11.1. The molecular formula is C11H26IN3O2S. The third-order valence-corrected chi connectivity index (χ3v) is 3.98. The maximum atomic E-state index is 11.3. The van der Waals surface area contributed by atoms with Gasteiger partial charge in [-0.15, -0.1) is 24.0 Å². The highest BCUT2D eigenvalue weighted by Crippen LogP contribution is 1.89. The summed E-state index contributed by atoms with van der Waals surface area (Å²) >= 11 is 0. The van der Waals surface area contributed by atoms with Crippen molar-refractivity contribution in [1.29, 1.82) is 0 Å². The molecule has 0 amide bonds. The van der Waals surface area contributed by atoms with E-state index in [4.69, 9.17) is 0 Å². The van der Waals surface area contributed by atoms with E-state index >= 15 is 0 Å². The molecule has 0 radical (unpaired) electrons. The van der Waals surface area contributed by atoms with Gasteiger partial charge in [0.1, 0.15) is 0 Å². The highest BCUT2D eigenvalue weighted by atomic mass is 127. The molecule has 0 aliphatic carbocycles. The van der Waals surface area contributed by atoms with Gasteiger partial charge in [0.05, 0.1) is 5.75 Å². The van der Waals surface area contributed by atoms with E-state index in [-0.39, 0.29) is 35.5 Å². The van der Waals surface area contributed by atoms with E-state index in [1.807, 2.05) is 6.92 Å². The molecule has 0 bridgehead atoms. The van der Waals surface area contributed by atoms with Crippen LogP contribution in [0.5, 0.6) is 0 Å². The predicted octanol–water partition coefficient (Wildman–Crippen LogP) is 1.39. The van der Waals surface area contributed by atoms with Crippen LogP contribution in [0.1, 0.15) is 33.6 Å². The summed E-state index contributed by atoms with van der Waals surface area (Å²) in [7, 11) is -2.90. The van der Waals surface area contributed by atoms with Gasteiger partial charge >= 0.3 is 0 Å². The maximum absolute atomic E-state index is 11.3. The lowest BCUT2D eigenvalue weighted by Gasteiger charge is -2.10. The summed E-state index contributed by atoms with van der Waals surface area (Å²) in [6, 6.07) is 0. The van der Waals surface area contributed by atoms with Gasteiger partial charge in [-0.1, -0.05) is 20.3 Å². The van der Waals surface area contributed by atoms with Crippen molar-refractivity contribution in [3.05, 3.63) is 0 Å². The van der Waals surface area contributed by atoms with Crippen molar-refractivity contribution in [2.45, 2.75) is 33.6 Å². The fourth-order valence-electron chi connectivity index (χ4n) is 1.16. The molecule has 0 heterocycles. The Morgan fingerprint density at radius 1 is 1.17 bits per heavy atom. The molecule has 0 aliphatic rings. The number of sulfone groups is 1. The summed E-state index contributed by atoms with van der Waals surface area (Å²) in [6.07, 6.45) is 2.15. The Bertz CT molecular complexity index is 318. The molecule has 2 N–H and O–H groups in total. The average Bonchev–Trinajstić information content (AvgIpc) is 2.29. The van der Waals surface area contributed by atoms with Crippen molar-refractivity contribution in [3.8, 4) is 0 Å². The van der Waals surface area contributed by atoms with E-state index in [1.54, 1.807) is 6.92 Å². The number of hydrogen-bond acceptors (Lipinski definition) is 3. The Morgan fingerprint density at radius 3 is 2.33 bits per heavy atom. The lowest BCUT2D eigenvalue weighted by Crippen LogP contribution is -2.39. The Morgan fingerprint density at radius 2 is 1.83 bits per heavy atom. The van der Waals surface area contributed by atoms with Crippen molar-refractivity contribution in [3.63, 3.8) is 0 Å². The molecular weight excluding hydrogens is 365 g/mol. The Labute approximate surface area is 128 Å². The molecule has 0 saturated carbocycles. The minimum Gasteiger partial charge on any atom is -0.357 e. The number of guanidine groups is 1. The van der Waals surface area contributed by atoms with Crippen LogP contribution >= 0.6 is 24.0 Å².